The molecule has 34 heavy (non-hydrogen) atoms. The quantitative estimate of drug-likeness (QED) is 0.388. The molecule has 0 amide bonds. The van der Waals surface area contributed by atoms with E-state index in [1.807, 2.05) is 85.8 Å². The van der Waals surface area contributed by atoms with Crippen molar-refractivity contribution >= 4 is 27.5 Å². The van der Waals surface area contributed by atoms with Crippen LogP contribution in [0.4, 0.5) is 0 Å². The standard InChI is InChI=1S/C28H22N4O2/c1-17-13-15-18(16-14-17)23-26-25-22(27(33)31(3)28(34)30(25)2)24(19-9-5-4-6-10-19)32(26)21-12-8-7-11-20(21)29-23/h4-16H,1-3H3. The van der Waals surface area contributed by atoms with Crippen LogP contribution in [0.5, 0.6) is 0 Å². The number of hydrogen-bond acceptors (Lipinski definition) is 3. The Morgan fingerprint density at radius 3 is 2.12 bits per heavy atom. The van der Waals surface area contributed by atoms with Crippen molar-refractivity contribution in [3.05, 3.63) is 105 Å². The fourth-order valence-corrected chi connectivity index (χ4v) is 4.83. The van der Waals surface area contributed by atoms with Gasteiger partial charge in [0.15, 0.2) is 0 Å². The number of fused-ring (bicyclic) bond motifs is 5. The predicted molar refractivity (Wildman–Crippen MR) is 136 cm³/mol. The molecule has 3 aromatic carbocycles. The lowest BCUT2D eigenvalue weighted by Gasteiger charge is -2.12. The number of aryl methyl sites for hydroxylation is 2. The summed E-state index contributed by atoms with van der Waals surface area (Å²) in [5.41, 5.74) is 6.78. The molecular formula is C28H22N4O2. The summed E-state index contributed by atoms with van der Waals surface area (Å²) in [6.45, 7) is 2.04. The Kier molecular flexibility index (Phi) is 4.32. The van der Waals surface area contributed by atoms with Gasteiger partial charge in [0.05, 0.1) is 38.8 Å². The molecule has 0 saturated heterocycles. The van der Waals surface area contributed by atoms with Gasteiger partial charge in [-0.1, -0.05) is 72.3 Å². The minimum absolute atomic E-state index is 0.320. The highest BCUT2D eigenvalue weighted by Crippen LogP contribution is 2.38. The molecule has 3 aromatic heterocycles. The van der Waals surface area contributed by atoms with E-state index in [0.29, 0.717) is 10.9 Å². The first-order valence-corrected chi connectivity index (χ1v) is 11.1. The van der Waals surface area contributed by atoms with Crippen molar-refractivity contribution in [1.82, 2.24) is 18.5 Å². The summed E-state index contributed by atoms with van der Waals surface area (Å²) in [6.07, 6.45) is 0. The first kappa shape index (κ1) is 20.2. The number of rotatable bonds is 2. The summed E-state index contributed by atoms with van der Waals surface area (Å²) in [5, 5.41) is 0.502. The van der Waals surface area contributed by atoms with Crippen LogP contribution >= 0.6 is 0 Å². The second-order valence-corrected chi connectivity index (χ2v) is 8.64. The third-order valence-corrected chi connectivity index (χ3v) is 6.52. The zero-order chi connectivity index (χ0) is 23.6. The first-order chi connectivity index (χ1) is 16.5. The summed E-state index contributed by atoms with van der Waals surface area (Å²) in [6, 6.07) is 25.9. The molecule has 0 bridgehead atoms. The minimum atomic E-state index is -0.368. The van der Waals surface area contributed by atoms with E-state index in [-0.39, 0.29) is 11.2 Å². The highest BCUT2D eigenvalue weighted by molar-refractivity contribution is 6.11. The molecule has 0 atom stereocenters. The van der Waals surface area contributed by atoms with Crippen LogP contribution in [0.1, 0.15) is 5.56 Å². The normalized spacial score (nSPS) is 11.6. The monoisotopic (exact) mass is 446 g/mol. The summed E-state index contributed by atoms with van der Waals surface area (Å²) in [4.78, 5) is 31.7. The molecule has 0 spiro atoms. The fourth-order valence-electron chi connectivity index (χ4n) is 4.83. The van der Waals surface area contributed by atoms with Crippen LogP contribution in [-0.2, 0) is 14.1 Å². The molecule has 166 valence electrons. The van der Waals surface area contributed by atoms with Gasteiger partial charge in [-0.25, -0.2) is 9.78 Å². The Balaban J connectivity index is 2.00. The fraction of sp³-hybridized carbons (Fsp3) is 0.107. The van der Waals surface area contributed by atoms with E-state index >= 15 is 0 Å². The smallest absolute Gasteiger partial charge is 0.303 e. The van der Waals surface area contributed by atoms with E-state index in [2.05, 4.69) is 4.40 Å². The average molecular weight is 447 g/mol. The molecule has 0 aliphatic rings. The highest BCUT2D eigenvalue weighted by Gasteiger charge is 2.25. The van der Waals surface area contributed by atoms with Gasteiger partial charge in [-0.3, -0.25) is 13.9 Å². The van der Waals surface area contributed by atoms with E-state index in [1.54, 1.807) is 11.6 Å². The molecule has 0 fully saturated rings. The Morgan fingerprint density at radius 2 is 1.38 bits per heavy atom. The highest BCUT2D eigenvalue weighted by atomic mass is 16.2. The van der Waals surface area contributed by atoms with E-state index in [1.165, 1.54) is 11.6 Å². The van der Waals surface area contributed by atoms with Gasteiger partial charge in [-0.2, -0.15) is 0 Å². The maximum Gasteiger partial charge on any atom is 0.331 e. The predicted octanol–water partition coefficient (Wildman–Crippen LogP) is 4.68. The Morgan fingerprint density at radius 1 is 0.706 bits per heavy atom. The van der Waals surface area contributed by atoms with Gasteiger partial charge >= 0.3 is 5.69 Å². The molecular weight excluding hydrogens is 424 g/mol. The van der Waals surface area contributed by atoms with Crippen molar-refractivity contribution in [3.63, 3.8) is 0 Å². The molecule has 3 heterocycles. The molecule has 6 nitrogen and oxygen atoms in total. The lowest BCUT2D eigenvalue weighted by Crippen LogP contribution is -2.36. The van der Waals surface area contributed by atoms with Gasteiger partial charge in [0, 0.05) is 19.7 Å². The summed E-state index contributed by atoms with van der Waals surface area (Å²) >= 11 is 0. The zero-order valence-electron chi connectivity index (χ0n) is 19.1. The van der Waals surface area contributed by atoms with Gasteiger partial charge in [-0.15, -0.1) is 0 Å². The SMILES string of the molecule is Cc1ccc(-c2nc3ccccc3n3c(-c4ccccc4)c4c(=O)n(C)c(=O)n(C)c4c23)cc1. The van der Waals surface area contributed by atoms with Crippen LogP contribution in [0.15, 0.2) is 88.5 Å². The second-order valence-electron chi connectivity index (χ2n) is 8.64. The molecule has 6 rings (SSSR count). The van der Waals surface area contributed by atoms with Crippen molar-refractivity contribution in [1.29, 1.82) is 0 Å². The number of aromatic nitrogens is 4. The molecule has 6 aromatic rings. The lowest BCUT2D eigenvalue weighted by atomic mass is 10.1. The molecule has 0 saturated carbocycles. The number of benzene rings is 3. The lowest BCUT2D eigenvalue weighted by molar-refractivity contribution is 0.716. The van der Waals surface area contributed by atoms with E-state index < -0.39 is 0 Å². The van der Waals surface area contributed by atoms with Crippen molar-refractivity contribution in [2.45, 2.75) is 6.92 Å². The maximum atomic E-state index is 13.6. The summed E-state index contributed by atoms with van der Waals surface area (Å²) < 4.78 is 4.83. The molecule has 0 aliphatic heterocycles. The van der Waals surface area contributed by atoms with Crippen molar-refractivity contribution in [3.8, 4) is 22.5 Å². The van der Waals surface area contributed by atoms with Crippen LogP contribution < -0.4 is 11.2 Å². The largest absolute Gasteiger partial charge is 0.331 e. The molecule has 6 heteroatoms. The molecule has 0 aliphatic carbocycles. The molecule has 0 radical (unpaired) electrons. The third-order valence-electron chi connectivity index (χ3n) is 6.52. The zero-order valence-corrected chi connectivity index (χ0v) is 19.1. The topological polar surface area (TPSA) is 61.3 Å². The molecule has 0 unspecified atom stereocenters. The minimum Gasteiger partial charge on any atom is -0.303 e. The maximum absolute atomic E-state index is 13.6. The van der Waals surface area contributed by atoms with Crippen LogP contribution in [0.25, 0.3) is 50.0 Å². The first-order valence-electron chi connectivity index (χ1n) is 11.1. The van der Waals surface area contributed by atoms with Gasteiger partial charge in [0.25, 0.3) is 5.56 Å². The van der Waals surface area contributed by atoms with Gasteiger partial charge in [0.1, 0.15) is 0 Å². The number of hydrogen-bond donors (Lipinski definition) is 0. The second kappa shape index (κ2) is 7.28. The van der Waals surface area contributed by atoms with Gasteiger partial charge < -0.3 is 4.40 Å². The van der Waals surface area contributed by atoms with Gasteiger partial charge in [-0.05, 0) is 24.6 Å². The average Bonchev–Trinajstić information content (AvgIpc) is 3.23. The van der Waals surface area contributed by atoms with Crippen LogP contribution in [-0.4, -0.2) is 18.5 Å². The van der Waals surface area contributed by atoms with Crippen LogP contribution in [0.3, 0.4) is 0 Å². The van der Waals surface area contributed by atoms with E-state index in [4.69, 9.17) is 4.98 Å². The van der Waals surface area contributed by atoms with Crippen molar-refractivity contribution < 1.29 is 0 Å². The third kappa shape index (κ3) is 2.72. The number of para-hydroxylation sites is 2. The van der Waals surface area contributed by atoms with E-state index in [9.17, 15) is 9.59 Å². The number of nitrogens with zero attached hydrogens (tertiary/aromatic N) is 4. The van der Waals surface area contributed by atoms with Crippen molar-refractivity contribution in [2.24, 2.45) is 14.1 Å². The van der Waals surface area contributed by atoms with Gasteiger partial charge in [0.2, 0.25) is 0 Å². The van der Waals surface area contributed by atoms with Crippen LogP contribution in [0, 0.1) is 6.92 Å². The van der Waals surface area contributed by atoms with Crippen molar-refractivity contribution in [2.75, 3.05) is 0 Å². The Bertz CT molecular complexity index is 1860. The summed E-state index contributed by atoms with van der Waals surface area (Å²) in [5.74, 6) is 0. The van der Waals surface area contributed by atoms with E-state index in [0.717, 1.165) is 44.6 Å². The summed E-state index contributed by atoms with van der Waals surface area (Å²) in [7, 11) is 3.24. The van der Waals surface area contributed by atoms with Crippen LogP contribution in [0.2, 0.25) is 0 Å². The molecule has 0 N–H and O–H groups in total. The Labute approximate surface area is 195 Å². The Hall–Kier alpha value is -4.45.